The molecular formula is C14H19N3O. The van der Waals surface area contributed by atoms with Crippen LogP contribution in [0.1, 0.15) is 17.5 Å². The highest BCUT2D eigenvalue weighted by Crippen LogP contribution is 2.27. The van der Waals surface area contributed by atoms with Gasteiger partial charge in [0.1, 0.15) is 0 Å². The summed E-state index contributed by atoms with van der Waals surface area (Å²) in [6.45, 7) is 5.21. The number of benzene rings is 1. The highest BCUT2D eigenvalue weighted by molar-refractivity contribution is 5.94. The molecule has 4 heteroatoms. The number of amides is 1. The van der Waals surface area contributed by atoms with Gasteiger partial charge in [0, 0.05) is 44.8 Å². The molecule has 0 unspecified atom stereocenters. The van der Waals surface area contributed by atoms with E-state index in [1.54, 1.807) is 0 Å². The average molecular weight is 245 g/mol. The number of rotatable bonds is 2. The van der Waals surface area contributed by atoms with Crippen LogP contribution in [-0.4, -0.2) is 37.0 Å². The van der Waals surface area contributed by atoms with Gasteiger partial charge in [0.05, 0.1) is 0 Å². The van der Waals surface area contributed by atoms with Gasteiger partial charge in [-0.25, -0.2) is 0 Å². The summed E-state index contributed by atoms with van der Waals surface area (Å²) in [6, 6.07) is 6.36. The van der Waals surface area contributed by atoms with E-state index in [-0.39, 0.29) is 5.91 Å². The summed E-state index contributed by atoms with van der Waals surface area (Å²) in [4.78, 5) is 14.0. The van der Waals surface area contributed by atoms with Gasteiger partial charge in [0.25, 0.3) is 0 Å². The molecule has 0 aromatic heterocycles. The minimum atomic E-state index is 0.148. The molecule has 1 amide bonds. The van der Waals surface area contributed by atoms with Gasteiger partial charge in [-0.2, -0.15) is 0 Å². The number of nitrogens with one attached hydrogen (secondary N) is 2. The number of anilines is 1. The number of carbonyl (C=O) groups is 1. The van der Waals surface area contributed by atoms with E-state index in [4.69, 9.17) is 0 Å². The van der Waals surface area contributed by atoms with Crippen molar-refractivity contribution in [1.29, 1.82) is 0 Å². The van der Waals surface area contributed by atoms with Crippen molar-refractivity contribution in [1.82, 2.24) is 10.2 Å². The number of fused-ring (bicyclic) bond motifs is 1. The summed E-state index contributed by atoms with van der Waals surface area (Å²) in [6.07, 6.45) is 1.49. The van der Waals surface area contributed by atoms with Crippen molar-refractivity contribution in [3.8, 4) is 0 Å². The van der Waals surface area contributed by atoms with Crippen LogP contribution in [0.4, 0.5) is 5.69 Å². The molecule has 3 rings (SSSR count). The Morgan fingerprint density at radius 1 is 1.17 bits per heavy atom. The number of nitrogens with zero attached hydrogens (tertiary/aromatic N) is 1. The molecule has 0 aliphatic carbocycles. The molecular weight excluding hydrogens is 226 g/mol. The zero-order chi connectivity index (χ0) is 12.4. The first kappa shape index (κ1) is 11.7. The van der Waals surface area contributed by atoms with Crippen molar-refractivity contribution < 1.29 is 4.79 Å². The second kappa shape index (κ2) is 5.08. The Labute approximate surface area is 107 Å². The lowest BCUT2D eigenvalue weighted by molar-refractivity contribution is -0.116. The van der Waals surface area contributed by atoms with Crippen molar-refractivity contribution in [2.45, 2.75) is 19.4 Å². The molecule has 2 aliphatic rings. The normalized spacial score (nSPS) is 20.3. The predicted molar refractivity (Wildman–Crippen MR) is 71.5 cm³/mol. The quantitative estimate of drug-likeness (QED) is 0.816. The van der Waals surface area contributed by atoms with Crippen LogP contribution in [0.5, 0.6) is 0 Å². The SMILES string of the molecule is O=C1CCc2cccc(CN3CCNCC3)c2N1. The second-order valence-electron chi connectivity index (χ2n) is 5.03. The second-order valence-corrected chi connectivity index (χ2v) is 5.03. The number of carbonyl (C=O) groups excluding carboxylic acids is 1. The molecule has 0 spiro atoms. The Morgan fingerprint density at radius 2 is 2.00 bits per heavy atom. The van der Waals surface area contributed by atoms with E-state index in [0.717, 1.165) is 44.8 Å². The maximum atomic E-state index is 11.5. The zero-order valence-electron chi connectivity index (χ0n) is 10.5. The molecule has 4 nitrogen and oxygen atoms in total. The van der Waals surface area contributed by atoms with Crippen LogP contribution >= 0.6 is 0 Å². The zero-order valence-corrected chi connectivity index (χ0v) is 10.5. The number of aryl methyl sites for hydroxylation is 1. The van der Waals surface area contributed by atoms with Gasteiger partial charge in [-0.1, -0.05) is 18.2 Å². The number of piperazine rings is 1. The van der Waals surface area contributed by atoms with Crippen LogP contribution < -0.4 is 10.6 Å². The van der Waals surface area contributed by atoms with Crippen LogP contribution in [0, 0.1) is 0 Å². The number of para-hydroxylation sites is 1. The summed E-state index contributed by atoms with van der Waals surface area (Å²) in [5, 5.41) is 6.40. The smallest absolute Gasteiger partial charge is 0.224 e. The van der Waals surface area contributed by atoms with Crippen LogP contribution in [-0.2, 0) is 17.8 Å². The Morgan fingerprint density at radius 3 is 2.83 bits per heavy atom. The molecule has 2 N–H and O–H groups in total. The van der Waals surface area contributed by atoms with Gasteiger partial charge in [0.2, 0.25) is 5.91 Å². The topological polar surface area (TPSA) is 44.4 Å². The minimum Gasteiger partial charge on any atom is -0.326 e. The fourth-order valence-corrected chi connectivity index (χ4v) is 2.71. The molecule has 1 aromatic rings. The maximum absolute atomic E-state index is 11.5. The van der Waals surface area contributed by atoms with Gasteiger partial charge in [-0.15, -0.1) is 0 Å². The Bertz CT molecular complexity index is 452. The third kappa shape index (κ3) is 2.40. The first-order valence-electron chi connectivity index (χ1n) is 6.66. The largest absolute Gasteiger partial charge is 0.326 e. The molecule has 1 fully saturated rings. The Balaban J connectivity index is 1.81. The van der Waals surface area contributed by atoms with Crippen LogP contribution in [0.25, 0.3) is 0 Å². The Hall–Kier alpha value is -1.39. The lowest BCUT2D eigenvalue weighted by Gasteiger charge is -2.29. The summed E-state index contributed by atoms with van der Waals surface area (Å²) >= 11 is 0. The van der Waals surface area contributed by atoms with Gasteiger partial charge >= 0.3 is 0 Å². The Kier molecular flexibility index (Phi) is 3.30. The molecule has 2 aliphatic heterocycles. The predicted octanol–water partition coefficient (Wildman–Crippen LogP) is 0.976. The van der Waals surface area contributed by atoms with Gasteiger partial charge in [-0.05, 0) is 17.5 Å². The fourth-order valence-electron chi connectivity index (χ4n) is 2.71. The molecule has 18 heavy (non-hydrogen) atoms. The summed E-state index contributed by atoms with van der Waals surface area (Å²) < 4.78 is 0. The highest BCUT2D eigenvalue weighted by Gasteiger charge is 2.19. The first-order chi connectivity index (χ1) is 8.83. The molecule has 96 valence electrons. The highest BCUT2D eigenvalue weighted by atomic mass is 16.1. The van der Waals surface area contributed by atoms with Crippen LogP contribution in [0.15, 0.2) is 18.2 Å². The lowest BCUT2D eigenvalue weighted by atomic mass is 9.98. The van der Waals surface area contributed by atoms with Gasteiger partial charge in [-0.3, -0.25) is 9.69 Å². The maximum Gasteiger partial charge on any atom is 0.224 e. The van der Waals surface area contributed by atoms with Gasteiger partial charge in [0.15, 0.2) is 0 Å². The molecule has 0 saturated carbocycles. The van der Waals surface area contributed by atoms with E-state index in [2.05, 4.69) is 33.7 Å². The summed E-state index contributed by atoms with van der Waals surface area (Å²) in [5.41, 5.74) is 3.59. The van der Waals surface area contributed by atoms with Crippen molar-refractivity contribution in [2.75, 3.05) is 31.5 Å². The molecule has 1 aromatic carbocycles. The van der Waals surface area contributed by atoms with Crippen molar-refractivity contribution >= 4 is 11.6 Å². The van der Waals surface area contributed by atoms with Crippen molar-refractivity contribution in [3.05, 3.63) is 29.3 Å². The van der Waals surface area contributed by atoms with E-state index in [1.165, 1.54) is 11.1 Å². The van der Waals surface area contributed by atoms with E-state index in [1.807, 2.05) is 0 Å². The molecule has 1 saturated heterocycles. The van der Waals surface area contributed by atoms with E-state index in [0.29, 0.717) is 6.42 Å². The molecule has 0 atom stereocenters. The summed E-state index contributed by atoms with van der Waals surface area (Å²) in [5.74, 6) is 0.148. The average Bonchev–Trinajstić information content (AvgIpc) is 2.41. The van der Waals surface area contributed by atoms with E-state index >= 15 is 0 Å². The third-order valence-corrected chi connectivity index (χ3v) is 3.73. The molecule has 0 bridgehead atoms. The van der Waals surface area contributed by atoms with Crippen LogP contribution in [0.3, 0.4) is 0 Å². The van der Waals surface area contributed by atoms with Gasteiger partial charge < -0.3 is 10.6 Å². The standard InChI is InChI=1S/C14H19N3O/c18-13-5-4-11-2-1-3-12(14(11)16-13)10-17-8-6-15-7-9-17/h1-3,15H,4-10H2,(H,16,18). The lowest BCUT2D eigenvalue weighted by Crippen LogP contribution is -2.43. The minimum absolute atomic E-state index is 0.148. The fraction of sp³-hybridized carbons (Fsp3) is 0.500. The van der Waals surface area contributed by atoms with Crippen LogP contribution in [0.2, 0.25) is 0 Å². The first-order valence-corrected chi connectivity index (χ1v) is 6.66. The number of hydrogen-bond donors (Lipinski definition) is 2. The van der Waals surface area contributed by atoms with Crippen molar-refractivity contribution in [3.63, 3.8) is 0 Å². The van der Waals surface area contributed by atoms with Crippen molar-refractivity contribution in [2.24, 2.45) is 0 Å². The molecule has 2 heterocycles. The van der Waals surface area contributed by atoms with E-state index < -0.39 is 0 Å². The summed E-state index contributed by atoms with van der Waals surface area (Å²) in [7, 11) is 0. The number of hydrogen-bond acceptors (Lipinski definition) is 3. The molecule has 0 radical (unpaired) electrons. The third-order valence-electron chi connectivity index (χ3n) is 3.73. The van der Waals surface area contributed by atoms with E-state index in [9.17, 15) is 4.79 Å². The monoisotopic (exact) mass is 245 g/mol.